The molecule has 0 atom stereocenters. The van der Waals surface area contributed by atoms with Crippen LogP contribution in [0.15, 0.2) is 17.4 Å². The maximum atomic E-state index is 11.2. The largest absolute Gasteiger partial charge is 0.465 e. The molecule has 0 N–H and O–H groups in total. The first-order chi connectivity index (χ1) is 6.76. The van der Waals surface area contributed by atoms with Gasteiger partial charge in [0.2, 0.25) is 0 Å². The van der Waals surface area contributed by atoms with E-state index in [1.807, 2.05) is 6.92 Å². The van der Waals surface area contributed by atoms with Crippen LogP contribution in [0.5, 0.6) is 0 Å². The van der Waals surface area contributed by atoms with Crippen LogP contribution >= 0.6 is 0 Å². The first-order valence-electron chi connectivity index (χ1n) is 5.24. The van der Waals surface area contributed by atoms with Crippen molar-refractivity contribution >= 4 is 5.97 Å². The zero-order valence-corrected chi connectivity index (χ0v) is 9.43. The van der Waals surface area contributed by atoms with Crippen molar-refractivity contribution in [3.8, 4) is 0 Å². The fraction of sp³-hybridized carbons (Fsp3) is 0.667. The maximum Gasteiger partial charge on any atom is 0.341 e. The Morgan fingerprint density at radius 1 is 1.36 bits per heavy atom. The molecule has 0 bridgehead atoms. The van der Waals surface area contributed by atoms with E-state index in [0.717, 1.165) is 12.8 Å². The number of carbonyl (C=O) groups is 1. The van der Waals surface area contributed by atoms with E-state index < -0.39 is 0 Å². The Balaban J connectivity index is 4.00. The van der Waals surface area contributed by atoms with E-state index in [-0.39, 0.29) is 5.97 Å². The van der Waals surface area contributed by atoms with Gasteiger partial charge in [-0.2, -0.15) is 0 Å². The molecule has 0 spiro atoms. The lowest BCUT2D eigenvalue weighted by molar-refractivity contribution is -0.136. The van der Waals surface area contributed by atoms with Crippen LogP contribution in [0.25, 0.3) is 0 Å². The van der Waals surface area contributed by atoms with E-state index in [0.29, 0.717) is 5.57 Å². The zero-order chi connectivity index (χ0) is 10.8. The number of rotatable bonds is 6. The van der Waals surface area contributed by atoms with E-state index in [1.54, 1.807) is 6.08 Å². The predicted octanol–water partition coefficient (Wildman–Crippen LogP) is 3.23. The molecule has 0 aromatic rings. The summed E-state index contributed by atoms with van der Waals surface area (Å²) in [5, 5.41) is 0. The fourth-order valence-electron chi connectivity index (χ4n) is 1.26. The Bertz CT molecular complexity index is 222. The smallest absolute Gasteiger partial charge is 0.341 e. The van der Waals surface area contributed by atoms with Gasteiger partial charge in [0.05, 0.1) is 12.7 Å². The van der Waals surface area contributed by atoms with Gasteiger partial charge in [-0.3, -0.25) is 0 Å². The summed E-state index contributed by atoms with van der Waals surface area (Å²) in [4.78, 5) is 11.2. The van der Waals surface area contributed by atoms with Gasteiger partial charge in [0, 0.05) is 0 Å². The Morgan fingerprint density at radius 2 is 2.07 bits per heavy atom. The molecule has 0 aliphatic rings. The second-order valence-electron chi connectivity index (χ2n) is 3.21. The SMILES string of the molecule is CC=C=C(CCCCCC)C(=O)OC. The monoisotopic (exact) mass is 196 g/mol. The van der Waals surface area contributed by atoms with Crippen LogP contribution in [0.1, 0.15) is 46.0 Å². The van der Waals surface area contributed by atoms with Gasteiger partial charge in [-0.1, -0.05) is 26.2 Å². The Hall–Kier alpha value is -1.01. The molecule has 14 heavy (non-hydrogen) atoms. The molecule has 0 rings (SSSR count). The molecule has 2 heteroatoms. The highest BCUT2D eigenvalue weighted by Crippen LogP contribution is 2.10. The first-order valence-corrected chi connectivity index (χ1v) is 5.24. The number of esters is 1. The number of ether oxygens (including phenoxy) is 1. The molecular formula is C12H20O2. The van der Waals surface area contributed by atoms with Crippen molar-refractivity contribution in [1.29, 1.82) is 0 Å². The number of hydrogen-bond acceptors (Lipinski definition) is 2. The van der Waals surface area contributed by atoms with Gasteiger partial charge >= 0.3 is 5.97 Å². The second-order valence-corrected chi connectivity index (χ2v) is 3.21. The van der Waals surface area contributed by atoms with Crippen molar-refractivity contribution in [2.45, 2.75) is 46.0 Å². The number of carbonyl (C=O) groups excluding carboxylic acids is 1. The van der Waals surface area contributed by atoms with Crippen molar-refractivity contribution in [3.63, 3.8) is 0 Å². The van der Waals surface area contributed by atoms with E-state index >= 15 is 0 Å². The molecule has 0 aromatic heterocycles. The predicted molar refractivity (Wildman–Crippen MR) is 58.0 cm³/mol. The topological polar surface area (TPSA) is 26.3 Å². The summed E-state index contributed by atoms with van der Waals surface area (Å²) >= 11 is 0. The number of hydrogen-bond donors (Lipinski definition) is 0. The summed E-state index contributed by atoms with van der Waals surface area (Å²) < 4.78 is 4.66. The average Bonchev–Trinajstić information content (AvgIpc) is 2.21. The van der Waals surface area contributed by atoms with Gasteiger partial charge in [-0.15, -0.1) is 5.73 Å². The molecule has 0 aliphatic carbocycles. The summed E-state index contributed by atoms with van der Waals surface area (Å²) in [5.41, 5.74) is 3.59. The molecule has 2 nitrogen and oxygen atoms in total. The van der Waals surface area contributed by atoms with Crippen molar-refractivity contribution in [3.05, 3.63) is 17.4 Å². The van der Waals surface area contributed by atoms with E-state index in [1.165, 1.54) is 26.4 Å². The molecule has 0 aliphatic heterocycles. The van der Waals surface area contributed by atoms with Crippen molar-refractivity contribution < 1.29 is 9.53 Å². The fourth-order valence-corrected chi connectivity index (χ4v) is 1.26. The van der Waals surface area contributed by atoms with E-state index in [9.17, 15) is 4.79 Å². The summed E-state index contributed by atoms with van der Waals surface area (Å²) in [5.74, 6) is -0.250. The lowest BCUT2D eigenvalue weighted by atomic mass is 10.1. The summed E-state index contributed by atoms with van der Waals surface area (Å²) in [6.07, 6.45) is 7.18. The number of methoxy groups -OCH3 is 1. The molecule has 0 unspecified atom stereocenters. The first kappa shape index (κ1) is 13.0. The molecule has 0 saturated carbocycles. The quantitative estimate of drug-likeness (QED) is 0.282. The lowest BCUT2D eigenvalue weighted by Gasteiger charge is -2.02. The highest BCUT2D eigenvalue weighted by atomic mass is 16.5. The molecule has 0 aromatic carbocycles. The van der Waals surface area contributed by atoms with Gasteiger partial charge < -0.3 is 4.74 Å². The van der Waals surface area contributed by atoms with Crippen LogP contribution in [-0.4, -0.2) is 13.1 Å². The van der Waals surface area contributed by atoms with E-state index in [2.05, 4.69) is 17.4 Å². The molecule has 0 radical (unpaired) electrons. The third kappa shape index (κ3) is 5.60. The molecule has 80 valence electrons. The Kier molecular flexibility index (Phi) is 7.96. The molecule has 0 saturated heterocycles. The minimum atomic E-state index is -0.250. The van der Waals surface area contributed by atoms with Crippen molar-refractivity contribution in [2.75, 3.05) is 7.11 Å². The maximum absolute atomic E-state index is 11.2. The van der Waals surface area contributed by atoms with Crippen LogP contribution in [0.3, 0.4) is 0 Å². The van der Waals surface area contributed by atoms with Gasteiger partial charge in [0.1, 0.15) is 0 Å². The second kappa shape index (κ2) is 8.58. The lowest BCUT2D eigenvalue weighted by Crippen LogP contribution is -2.03. The highest BCUT2D eigenvalue weighted by Gasteiger charge is 2.07. The van der Waals surface area contributed by atoms with Crippen LogP contribution in [0.2, 0.25) is 0 Å². The van der Waals surface area contributed by atoms with Crippen LogP contribution in [0, 0.1) is 0 Å². The molecule has 0 heterocycles. The normalized spacial score (nSPS) is 9.07. The minimum absolute atomic E-state index is 0.250. The van der Waals surface area contributed by atoms with Gasteiger partial charge in [0.25, 0.3) is 0 Å². The Morgan fingerprint density at radius 3 is 2.57 bits per heavy atom. The summed E-state index contributed by atoms with van der Waals surface area (Å²) in [6, 6.07) is 0. The summed E-state index contributed by atoms with van der Waals surface area (Å²) in [6.45, 7) is 4.03. The van der Waals surface area contributed by atoms with Crippen LogP contribution in [-0.2, 0) is 9.53 Å². The number of unbranched alkanes of at least 4 members (excludes halogenated alkanes) is 3. The standard InChI is InChI=1S/C12H20O2/c1-4-6-7-8-10-11(9-5-2)12(13)14-3/h5H,4,6-8,10H2,1-3H3. The highest BCUT2D eigenvalue weighted by molar-refractivity contribution is 5.87. The average molecular weight is 196 g/mol. The minimum Gasteiger partial charge on any atom is -0.465 e. The van der Waals surface area contributed by atoms with Crippen molar-refractivity contribution in [2.24, 2.45) is 0 Å². The molecular weight excluding hydrogens is 176 g/mol. The van der Waals surface area contributed by atoms with Crippen LogP contribution in [0.4, 0.5) is 0 Å². The zero-order valence-electron chi connectivity index (χ0n) is 9.43. The van der Waals surface area contributed by atoms with Crippen molar-refractivity contribution in [1.82, 2.24) is 0 Å². The third-order valence-electron chi connectivity index (χ3n) is 2.03. The van der Waals surface area contributed by atoms with Crippen LogP contribution < -0.4 is 0 Å². The van der Waals surface area contributed by atoms with Gasteiger partial charge in [-0.05, 0) is 25.8 Å². The van der Waals surface area contributed by atoms with Gasteiger partial charge in [-0.25, -0.2) is 4.79 Å². The third-order valence-corrected chi connectivity index (χ3v) is 2.03. The summed E-state index contributed by atoms with van der Waals surface area (Å²) in [7, 11) is 1.41. The molecule has 0 amide bonds. The van der Waals surface area contributed by atoms with E-state index in [4.69, 9.17) is 0 Å². The van der Waals surface area contributed by atoms with Gasteiger partial charge in [0.15, 0.2) is 0 Å². The Labute approximate surface area is 86.6 Å². The molecule has 0 fully saturated rings.